The summed E-state index contributed by atoms with van der Waals surface area (Å²) in [5.74, 6) is -0.978. The fourth-order valence-corrected chi connectivity index (χ4v) is 4.78. The van der Waals surface area contributed by atoms with E-state index in [1.807, 2.05) is 30.3 Å². The highest BCUT2D eigenvalue weighted by Crippen LogP contribution is 2.33. The number of anilines is 2. The molecule has 0 bridgehead atoms. The van der Waals surface area contributed by atoms with Crippen LogP contribution in [0, 0.1) is 0 Å². The lowest BCUT2D eigenvalue weighted by atomic mass is 10.0. The second-order valence-electron chi connectivity index (χ2n) is 8.39. The third kappa shape index (κ3) is 3.64. The first-order chi connectivity index (χ1) is 16.0. The van der Waals surface area contributed by atoms with Gasteiger partial charge in [-0.3, -0.25) is 29.5 Å². The fourth-order valence-electron chi connectivity index (χ4n) is 4.78. The van der Waals surface area contributed by atoms with Gasteiger partial charge in [0.2, 0.25) is 11.8 Å². The average Bonchev–Trinajstić information content (AvgIpc) is 3.34. The van der Waals surface area contributed by atoms with Crippen LogP contribution in [0.15, 0.2) is 42.5 Å². The quantitative estimate of drug-likeness (QED) is 0.706. The molecule has 3 heterocycles. The number of para-hydroxylation sites is 1. The summed E-state index contributed by atoms with van der Waals surface area (Å²) in [6, 6.07) is 12.2. The molecule has 0 aromatic heterocycles. The molecule has 5 amide bonds. The number of nitrogens with zero attached hydrogens (tertiary/aromatic N) is 3. The van der Waals surface area contributed by atoms with Crippen molar-refractivity contribution in [2.24, 2.45) is 0 Å². The Hall–Kier alpha value is -3.72. The Balaban J connectivity index is 1.36. The van der Waals surface area contributed by atoms with E-state index >= 15 is 0 Å². The number of piperidine rings is 1. The number of imide groups is 1. The van der Waals surface area contributed by atoms with Gasteiger partial charge in [0, 0.05) is 50.0 Å². The molecule has 3 aliphatic rings. The Morgan fingerprint density at radius 1 is 1.03 bits per heavy atom. The molecular formula is C24H24N4O5. The number of hydrogen-bond acceptors (Lipinski definition) is 5. The summed E-state index contributed by atoms with van der Waals surface area (Å²) in [5.41, 5.74) is 3.77. The molecule has 0 radical (unpaired) electrons. The van der Waals surface area contributed by atoms with Crippen molar-refractivity contribution < 1.29 is 23.9 Å². The van der Waals surface area contributed by atoms with Crippen LogP contribution in [0.25, 0.3) is 0 Å². The van der Waals surface area contributed by atoms with Crippen molar-refractivity contribution >= 4 is 35.1 Å². The number of urea groups is 1. The zero-order chi connectivity index (χ0) is 23.1. The van der Waals surface area contributed by atoms with Gasteiger partial charge in [0.05, 0.1) is 12.3 Å². The van der Waals surface area contributed by atoms with Crippen molar-refractivity contribution in [3.05, 3.63) is 59.2 Å². The van der Waals surface area contributed by atoms with Crippen LogP contribution < -0.4 is 15.1 Å². The fraction of sp³-hybridized carbons (Fsp3) is 0.333. The van der Waals surface area contributed by atoms with Crippen molar-refractivity contribution in [2.75, 3.05) is 30.0 Å². The number of methoxy groups -OCH3 is 1. The highest BCUT2D eigenvalue weighted by atomic mass is 16.5. The minimum Gasteiger partial charge on any atom is -0.380 e. The molecule has 33 heavy (non-hydrogen) atoms. The highest BCUT2D eigenvalue weighted by molar-refractivity contribution is 6.08. The van der Waals surface area contributed by atoms with Crippen molar-refractivity contribution in [2.45, 2.75) is 32.0 Å². The first kappa shape index (κ1) is 21.1. The summed E-state index contributed by atoms with van der Waals surface area (Å²) in [6.07, 6.45) is 0.530. The summed E-state index contributed by atoms with van der Waals surface area (Å²) in [7, 11) is 1.62. The van der Waals surface area contributed by atoms with Gasteiger partial charge < -0.3 is 9.64 Å². The first-order valence-corrected chi connectivity index (χ1v) is 10.9. The van der Waals surface area contributed by atoms with Crippen LogP contribution in [0.4, 0.5) is 16.2 Å². The number of amides is 5. The average molecular weight is 448 g/mol. The standard InChI is InChI=1S/C24H24N4O5/c1-33-14-15-4-2-3-5-19(15)27-11-10-26(24(27)32)17-6-7-18-16(12-17)13-28(23(18)31)20-8-9-21(29)25-22(20)30/h2-7,12,20H,8-11,13-14H2,1H3,(H,25,29,30). The van der Waals surface area contributed by atoms with Crippen LogP contribution >= 0.6 is 0 Å². The van der Waals surface area contributed by atoms with Crippen LogP contribution in [0.1, 0.15) is 34.3 Å². The Kier molecular flexibility index (Phi) is 5.33. The molecule has 0 aliphatic carbocycles. The van der Waals surface area contributed by atoms with Gasteiger partial charge in [-0.05, 0) is 36.2 Å². The maximum atomic E-state index is 13.3. The molecule has 1 N–H and O–H groups in total. The Bertz CT molecular complexity index is 1160. The van der Waals surface area contributed by atoms with Crippen LogP contribution in [0.3, 0.4) is 0 Å². The number of fused-ring (bicyclic) bond motifs is 1. The van der Waals surface area contributed by atoms with E-state index in [0.29, 0.717) is 37.4 Å². The zero-order valence-electron chi connectivity index (χ0n) is 18.2. The number of rotatable bonds is 5. The van der Waals surface area contributed by atoms with E-state index in [-0.39, 0.29) is 30.8 Å². The van der Waals surface area contributed by atoms with Gasteiger partial charge in [-0.25, -0.2) is 4.79 Å². The van der Waals surface area contributed by atoms with Crippen LogP contribution in [-0.2, 0) is 27.5 Å². The van der Waals surface area contributed by atoms with Crippen molar-refractivity contribution in [3.8, 4) is 0 Å². The third-order valence-electron chi connectivity index (χ3n) is 6.41. The summed E-state index contributed by atoms with van der Waals surface area (Å²) in [4.78, 5) is 54.8. The topological polar surface area (TPSA) is 99.3 Å². The third-order valence-corrected chi connectivity index (χ3v) is 6.41. The van der Waals surface area contributed by atoms with Gasteiger partial charge >= 0.3 is 6.03 Å². The molecule has 2 fully saturated rings. The second kappa shape index (κ2) is 8.32. The molecule has 5 rings (SSSR count). The van der Waals surface area contributed by atoms with Crippen molar-refractivity contribution in [1.29, 1.82) is 0 Å². The minimum absolute atomic E-state index is 0.134. The molecular weight excluding hydrogens is 424 g/mol. The van der Waals surface area contributed by atoms with Crippen LogP contribution in [0.2, 0.25) is 0 Å². The number of hydrogen-bond donors (Lipinski definition) is 1. The Morgan fingerprint density at radius 2 is 1.82 bits per heavy atom. The van der Waals surface area contributed by atoms with Crippen LogP contribution in [-0.4, -0.2) is 54.9 Å². The van der Waals surface area contributed by atoms with E-state index in [2.05, 4.69) is 5.32 Å². The molecule has 9 heteroatoms. The monoisotopic (exact) mass is 448 g/mol. The smallest absolute Gasteiger partial charge is 0.329 e. The Labute approximate surface area is 190 Å². The molecule has 1 atom stereocenters. The summed E-state index contributed by atoms with van der Waals surface area (Å²) in [5, 5.41) is 2.31. The lowest BCUT2D eigenvalue weighted by Crippen LogP contribution is -2.52. The molecule has 1 unspecified atom stereocenters. The number of carbonyl (C=O) groups excluding carboxylic acids is 4. The van der Waals surface area contributed by atoms with E-state index < -0.39 is 11.9 Å². The van der Waals surface area contributed by atoms with Gasteiger partial charge in [0.1, 0.15) is 6.04 Å². The van der Waals surface area contributed by atoms with E-state index in [4.69, 9.17) is 4.74 Å². The number of benzene rings is 2. The Morgan fingerprint density at radius 3 is 2.61 bits per heavy atom. The van der Waals surface area contributed by atoms with Gasteiger partial charge in [0.15, 0.2) is 0 Å². The van der Waals surface area contributed by atoms with Crippen molar-refractivity contribution in [1.82, 2.24) is 10.2 Å². The number of ether oxygens (including phenoxy) is 1. The van der Waals surface area contributed by atoms with Gasteiger partial charge in [0.25, 0.3) is 5.91 Å². The lowest BCUT2D eigenvalue weighted by molar-refractivity contribution is -0.136. The molecule has 2 aromatic carbocycles. The molecule has 2 saturated heterocycles. The largest absolute Gasteiger partial charge is 0.380 e. The maximum Gasteiger partial charge on any atom is 0.329 e. The van der Waals surface area contributed by atoms with Gasteiger partial charge in [-0.2, -0.15) is 0 Å². The van der Waals surface area contributed by atoms with E-state index in [1.165, 1.54) is 4.90 Å². The van der Waals surface area contributed by atoms with Gasteiger partial charge in [-0.1, -0.05) is 18.2 Å². The zero-order valence-corrected chi connectivity index (χ0v) is 18.2. The molecule has 3 aliphatic heterocycles. The predicted octanol–water partition coefficient (Wildman–Crippen LogP) is 2.04. The summed E-state index contributed by atoms with van der Waals surface area (Å²) >= 11 is 0. The second-order valence-corrected chi connectivity index (χ2v) is 8.39. The van der Waals surface area contributed by atoms with E-state index in [9.17, 15) is 19.2 Å². The maximum absolute atomic E-state index is 13.3. The SMILES string of the molecule is COCc1ccccc1N1CCN(c2ccc3c(c2)CN(C2CCC(=O)NC2=O)C3=O)C1=O. The van der Waals surface area contributed by atoms with E-state index in [0.717, 1.165) is 16.8 Å². The first-order valence-electron chi connectivity index (χ1n) is 10.9. The van der Waals surface area contributed by atoms with Crippen molar-refractivity contribution in [3.63, 3.8) is 0 Å². The molecule has 2 aromatic rings. The highest BCUT2D eigenvalue weighted by Gasteiger charge is 2.40. The summed E-state index contributed by atoms with van der Waals surface area (Å²) < 4.78 is 5.27. The molecule has 9 nitrogen and oxygen atoms in total. The predicted molar refractivity (Wildman–Crippen MR) is 120 cm³/mol. The minimum atomic E-state index is -0.660. The summed E-state index contributed by atoms with van der Waals surface area (Å²) in [6.45, 7) is 1.75. The lowest BCUT2D eigenvalue weighted by Gasteiger charge is -2.29. The number of nitrogens with one attached hydrogen (secondary N) is 1. The normalized spacial score (nSPS) is 20.5. The van der Waals surface area contributed by atoms with Crippen LogP contribution in [0.5, 0.6) is 0 Å². The molecule has 170 valence electrons. The number of carbonyl (C=O) groups is 4. The van der Waals surface area contributed by atoms with Gasteiger partial charge in [-0.15, -0.1) is 0 Å². The molecule has 0 spiro atoms. The molecule has 0 saturated carbocycles. The van der Waals surface area contributed by atoms with E-state index in [1.54, 1.807) is 29.0 Å².